The van der Waals surface area contributed by atoms with E-state index in [1.807, 2.05) is 12.2 Å². The predicted molar refractivity (Wildman–Crippen MR) is 110 cm³/mol. The van der Waals surface area contributed by atoms with Crippen LogP contribution in [-0.4, -0.2) is 11.0 Å². The molecule has 1 aliphatic rings. The third-order valence-corrected chi connectivity index (χ3v) is 4.07. The van der Waals surface area contributed by atoms with Crippen molar-refractivity contribution in [2.45, 2.75) is 6.42 Å². The van der Waals surface area contributed by atoms with Gasteiger partial charge in [-0.3, -0.25) is 6.08 Å². The van der Waals surface area contributed by atoms with Gasteiger partial charge >= 0.3 is 26.2 Å². The number of para-hydroxylation sites is 1. The van der Waals surface area contributed by atoms with Crippen molar-refractivity contribution in [2.24, 2.45) is 0 Å². The number of hydrogen-bond acceptors (Lipinski definition) is 0. The summed E-state index contributed by atoms with van der Waals surface area (Å²) < 4.78 is 2.25. The molecule has 128 valence electrons. The summed E-state index contributed by atoms with van der Waals surface area (Å²) in [7, 11) is 0. The molecular formula is C23H20ClNZr. The minimum absolute atomic E-state index is 0. The van der Waals surface area contributed by atoms with E-state index in [4.69, 9.17) is 0 Å². The van der Waals surface area contributed by atoms with Gasteiger partial charge in [0.2, 0.25) is 0 Å². The minimum atomic E-state index is 0. The molecule has 1 nitrogen and oxygen atoms in total. The summed E-state index contributed by atoms with van der Waals surface area (Å²) in [5, 5.41) is 3.87. The topological polar surface area (TPSA) is 4.93 Å². The molecule has 0 unspecified atom stereocenters. The number of rotatable bonds is 1. The van der Waals surface area contributed by atoms with E-state index in [9.17, 15) is 0 Å². The molecule has 4 aromatic rings. The Bertz CT molecular complexity index is 964. The van der Waals surface area contributed by atoms with Crippen molar-refractivity contribution in [3.8, 4) is 5.69 Å². The van der Waals surface area contributed by atoms with Crippen molar-refractivity contribution in [3.05, 3.63) is 97.2 Å². The number of fused-ring (bicyclic) bond motifs is 2. The summed E-state index contributed by atoms with van der Waals surface area (Å²) in [6, 6.07) is 23.6. The van der Waals surface area contributed by atoms with Crippen molar-refractivity contribution in [1.29, 1.82) is 0 Å². The van der Waals surface area contributed by atoms with E-state index in [0.717, 1.165) is 6.42 Å². The number of aromatic nitrogens is 1. The maximum absolute atomic E-state index is 4.64. The molecule has 1 heterocycles. The van der Waals surface area contributed by atoms with Crippen LogP contribution in [0.3, 0.4) is 0 Å². The van der Waals surface area contributed by atoms with Gasteiger partial charge in [0.25, 0.3) is 0 Å². The van der Waals surface area contributed by atoms with Crippen molar-refractivity contribution < 1.29 is 26.2 Å². The Morgan fingerprint density at radius 1 is 0.962 bits per heavy atom. The smallest absolute Gasteiger partial charge is 0.335 e. The first-order chi connectivity index (χ1) is 12.4. The number of nitrogens with zero attached hydrogens (tertiary/aromatic N) is 1. The Kier molecular flexibility index (Phi) is 8.23. The van der Waals surface area contributed by atoms with Gasteiger partial charge in [0, 0.05) is 12.6 Å². The van der Waals surface area contributed by atoms with Crippen LogP contribution < -0.4 is 0 Å². The number of benzene rings is 2. The molecule has 0 atom stereocenters. The maximum Gasteiger partial charge on any atom is 2.00 e. The Morgan fingerprint density at radius 2 is 1.69 bits per heavy atom. The summed E-state index contributed by atoms with van der Waals surface area (Å²) in [5.74, 6) is 0. The fourth-order valence-electron chi connectivity index (χ4n) is 2.92. The van der Waals surface area contributed by atoms with E-state index in [1.54, 1.807) is 0 Å². The second-order valence-electron chi connectivity index (χ2n) is 5.59. The van der Waals surface area contributed by atoms with Gasteiger partial charge in [-0.2, -0.15) is 6.08 Å². The molecule has 1 aliphatic carbocycles. The predicted octanol–water partition coefficient (Wildman–Crippen LogP) is 6.66. The molecule has 0 spiro atoms. The van der Waals surface area contributed by atoms with E-state index >= 15 is 0 Å². The normalized spacial score (nSPS) is 11.5. The number of hydrogen-bond donors (Lipinski definition) is 0. The standard InChI is InChI=1S/C17H12N.C5H5.CH3Cl.Zr/c1-2-7-15-12-16(11-14(15)6-1)18-10-9-13-5-3-4-8-17(13)18;1-2-4-5-3-1;1-2;/h1-12H;1-3H,4H2;1H3;/q2*-1;;+2. The van der Waals surface area contributed by atoms with Crippen LogP contribution in [0.2, 0.25) is 0 Å². The summed E-state index contributed by atoms with van der Waals surface area (Å²) in [5.41, 5.74) is 2.49. The molecule has 0 radical (unpaired) electrons. The van der Waals surface area contributed by atoms with E-state index in [2.05, 4.69) is 101 Å². The first-order valence-corrected chi connectivity index (χ1v) is 8.99. The summed E-state index contributed by atoms with van der Waals surface area (Å²) >= 11 is 4.64. The van der Waals surface area contributed by atoms with Crippen LogP contribution in [0.1, 0.15) is 6.42 Å². The van der Waals surface area contributed by atoms with E-state index in [0.29, 0.717) is 0 Å². The fourth-order valence-corrected chi connectivity index (χ4v) is 2.92. The first-order valence-electron chi connectivity index (χ1n) is 8.23. The molecule has 0 saturated carbocycles. The van der Waals surface area contributed by atoms with Crippen LogP contribution in [0, 0.1) is 6.08 Å². The van der Waals surface area contributed by atoms with Gasteiger partial charge in [0.05, 0.1) is 5.52 Å². The van der Waals surface area contributed by atoms with Crippen LogP contribution in [0.5, 0.6) is 0 Å². The average Bonchev–Trinajstić information content (AvgIpc) is 3.43. The first kappa shape index (κ1) is 20.6. The van der Waals surface area contributed by atoms with E-state index in [1.165, 1.54) is 33.7 Å². The number of allylic oxidation sites excluding steroid dienone is 4. The van der Waals surface area contributed by atoms with Gasteiger partial charge in [-0.05, 0) is 23.2 Å². The van der Waals surface area contributed by atoms with E-state index < -0.39 is 0 Å². The average molecular weight is 437 g/mol. The van der Waals surface area contributed by atoms with Crippen LogP contribution in [-0.2, 0) is 26.2 Å². The molecule has 0 aliphatic heterocycles. The molecule has 0 saturated heterocycles. The van der Waals surface area contributed by atoms with Crippen LogP contribution in [0.4, 0.5) is 0 Å². The van der Waals surface area contributed by atoms with Crippen molar-refractivity contribution in [1.82, 2.24) is 4.57 Å². The summed E-state index contributed by atoms with van der Waals surface area (Å²) in [6.45, 7) is 0. The second kappa shape index (κ2) is 10.4. The van der Waals surface area contributed by atoms with Gasteiger partial charge in [-0.1, -0.05) is 24.3 Å². The van der Waals surface area contributed by atoms with Crippen LogP contribution >= 0.6 is 11.6 Å². The summed E-state index contributed by atoms with van der Waals surface area (Å²) in [6.07, 6.45) is 13.6. The number of halogens is 1. The molecule has 26 heavy (non-hydrogen) atoms. The molecule has 0 fully saturated rings. The summed E-state index contributed by atoms with van der Waals surface area (Å²) in [4.78, 5) is 0. The zero-order chi connectivity index (χ0) is 17.5. The third-order valence-electron chi connectivity index (χ3n) is 4.07. The Labute approximate surface area is 179 Å². The van der Waals surface area contributed by atoms with Crippen LogP contribution in [0.25, 0.3) is 27.4 Å². The maximum atomic E-state index is 4.64. The molecule has 0 amide bonds. The molecule has 0 bridgehead atoms. The zero-order valence-corrected chi connectivity index (χ0v) is 17.9. The minimum Gasteiger partial charge on any atom is -0.335 e. The molecule has 5 rings (SSSR count). The van der Waals surface area contributed by atoms with Gasteiger partial charge in [0.15, 0.2) is 0 Å². The van der Waals surface area contributed by atoms with Crippen molar-refractivity contribution >= 4 is 33.3 Å². The van der Waals surface area contributed by atoms with Gasteiger partial charge in [-0.15, -0.1) is 59.1 Å². The van der Waals surface area contributed by atoms with E-state index in [-0.39, 0.29) is 26.2 Å². The Hall–Kier alpha value is -1.76. The largest absolute Gasteiger partial charge is 2.00 e. The second-order valence-corrected chi connectivity index (χ2v) is 5.59. The number of alkyl halides is 1. The van der Waals surface area contributed by atoms with Crippen molar-refractivity contribution in [2.75, 3.05) is 6.38 Å². The SMILES string of the molecule is CCl.[C-]1=CC=CC1.[Zr+2].c1ccc2[cH-]c(-n3ccc4ccccc43)cc2c1. The van der Waals surface area contributed by atoms with Crippen LogP contribution in [0.15, 0.2) is 91.2 Å². The molecule has 3 aromatic carbocycles. The quantitative estimate of drug-likeness (QED) is 0.232. The monoisotopic (exact) mass is 435 g/mol. The Morgan fingerprint density at radius 3 is 2.35 bits per heavy atom. The van der Waals surface area contributed by atoms with Crippen molar-refractivity contribution in [3.63, 3.8) is 0 Å². The molecule has 1 aromatic heterocycles. The van der Waals surface area contributed by atoms with Gasteiger partial charge < -0.3 is 4.57 Å². The zero-order valence-electron chi connectivity index (χ0n) is 14.7. The molecule has 0 N–H and O–H groups in total. The van der Waals surface area contributed by atoms with Gasteiger partial charge in [-0.25, -0.2) is 12.2 Å². The Balaban J connectivity index is 0.000000261. The van der Waals surface area contributed by atoms with Gasteiger partial charge in [0.1, 0.15) is 0 Å². The molecule has 3 heteroatoms. The third kappa shape index (κ3) is 4.69. The fraction of sp³-hybridized carbons (Fsp3) is 0.0870. The molecular weight excluding hydrogens is 417 g/mol.